The third-order valence-electron chi connectivity index (χ3n) is 1.95. The predicted molar refractivity (Wildman–Crippen MR) is 47.4 cm³/mol. The summed E-state index contributed by atoms with van der Waals surface area (Å²) in [6.45, 7) is 10.3. The highest BCUT2D eigenvalue weighted by molar-refractivity contribution is 5.49. The molecule has 0 N–H and O–H groups in total. The molecular formula is C9H19NO. The van der Waals surface area contributed by atoms with Crippen molar-refractivity contribution in [3.05, 3.63) is 0 Å². The number of rotatable bonds is 3. The maximum atomic E-state index is 10.7. The molecule has 0 heterocycles. The van der Waals surface area contributed by atoms with Crippen molar-refractivity contribution in [3.63, 3.8) is 0 Å². The Kier molecular flexibility index (Phi) is 3.56. The van der Waals surface area contributed by atoms with E-state index in [1.54, 1.807) is 0 Å². The number of hydrogen-bond donors (Lipinski definition) is 0. The molecule has 1 atom stereocenters. The molecule has 66 valence electrons. The van der Waals surface area contributed by atoms with Gasteiger partial charge in [0.25, 0.3) is 0 Å². The smallest absolute Gasteiger partial charge is 0.210 e. The molecule has 0 rings (SSSR count). The highest BCUT2D eigenvalue weighted by Gasteiger charge is 2.22. The standard InChI is InChI=1S/C9H19NO/c1-6-8(2)10(7-11)9(3,4)5/h7-8H,6H2,1-5H3. The number of carbonyl (C=O) groups is 1. The second-order valence-corrected chi connectivity index (χ2v) is 3.94. The van der Waals surface area contributed by atoms with Gasteiger partial charge in [-0.05, 0) is 34.1 Å². The molecule has 1 amide bonds. The molecule has 0 radical (unpaired) electrons. The van der Waals surface area contributed by atoms with E-state index in [0.717, 1.165) is 12.8 Å². The lowest BCUT2D eigenvalue weighted by Crippen LogP contribution is -2.45. The minimum atomic E-state index is -0.0445. The summed E-state index contributed by atoms with van der Waals surface area (Å²) in [5.74, 6) is 0. The number of carbonyl (C=O) groups excluding carboxylic acids is 1. The molecule has 0 aromatic heterocycles. The largest absolute Gasteiger partial charge is 0.338 e. The van der Waals surface area contributed by atoms with Gasteiger partial charge in [-0.1, -0.05) is 6.92 Å². The van der Waals surface area contributed by atoms with Crippen LogP contribution in [0.25, 0.3) is 0 Å². The van der Waals surface area contributed by atoms with Gasteiger partial charge < -0.3 is 4.90 Å². The molecule has 0 aromatic rings. The summed E-state index contributed by atoms with van der Waals surface area (Å²) in [6, 6.07) is 0.340. The van der Waals surface area contributed by atoms with E-state index in [-0.39, 0.29) is 5.54 Å². The number of nitrogens with zero attached hydrogens (tertiary/aromatic N) is 1. The van der Waals surface area contributed by atoms with Crippen molar-refractivity contribution in [2.45, 2.75) is 52.6 Å². The Morgan fingerprint density at radius 2 is 1.91 bits per heavy atom. The average Bonchev–Trinajstić information content (AvgIpc) is 1.86. The first-order valence-corrected chi connectivity index (χ1v) is 4.17. The van der Waals surface area contributed by atoms with Crippen LogP contribution in [-0.4, -0.2) is 22.9 Å². The summed E-state index contributed by atoms with van der Waals surface area (Å²) in [5.41, 5.74) is -0.0445. The Morgan fingerprint density at radius 3 is 2.00 bits per heavy atom. The first-order chi connectivity index (χ1) is 4.93. The Hall–Kier alpha value is -0.530. The van der Waals surface area contributed by atoms with Crippen LogP contribution >= 0.6 is 0 Å². The molecule has 11 heavy (non-hydrogen) atoms. The third kappa shape index (κ3) is 2.91. The van der Waals surface area contributed by atoms with Gasteiger partial charge in [0, 0.05) is 11.6 Å². The second kappa shape index (κ2) is 3.74. The Morgan fingerprint density at radius 1 is 1.45 bits per heavy atom. The fourth-order valence-corrected chi connectivity index (χ4v) is 1.12. The molecule has 0 saturated heterocycles. The third-order valence-corrected chi connectivity index (χ3v) is 1.95. The van der Waals surface area contributed by atoms with Crippen LogP contribution in [0.3, 0.4) is 0 Å². The summed E-state index contributed by atoms with van der Waals surface area (Å²) >= 11 is 0. The van der Waals surface area contributed by atoms with Gasteiger partial charge in [0.2, 0.25) is 6.41 Å². The van der Waals surface area contributed by atoms with Gasteiger partial charge in [-0.2, -0.15) is 0 Å². The van der Waals surface area contributed by atoms with Gasteiger partial charge >= 0.3 is 0 Å². The molecule has 0 aliphatic heterocycles. The molecule has 0 aliphatic carbocycles. The Balaban J connectivity index is 4.28. The van der Waals surface area contributed by atoms with Crippen LogP contribution in [0.5, 0.6) is 0 Å². The first kappa shape index (κ1) is 10.5. The summed E-state index contributed by atoms with van der Waals surface area (Å²) in [7, 11) is 0. The zero-order chi connectivity index (χ0) is 9.07. The molecule has 0 spiro atoms. The maximum Gasteiger partial charge on any atom is 0.210 e. The topological polar surface area (TPSA) is 20.3 Å². The van der Waals surface area contributed by atoms with E-state index < -0.39 is 0 Å². The SMILES string of the molecule is CCC(C)N(C=O)C(C)(C)C. The van der Waals surface area contributed by atoms with Crippen molar-refractivity contribution in [1.82, 2.24) is 4.90 Å². The normalized spacial score (nSPS) is 14.3. The molecule has 0 aromatic carbocycles. The molecule has 2 nitrogen and oxygen atoms in total. The van der Waals surface area contributed by atoms with Gasteiger partial charge in [0.1, 0.15) is 0 Å². The van der Waals surface area contributed by atoms with Crippen LogP contribution in [0.15, 0.2) is 0 Å². The summed E-state index contributed by atoms with van der Waals surface area (Å²) in [5, 5.41) is 0. The van der Waals surface area contributed by atoms with E-state index >= 15 is 0 Å². The van der Waals surface area contributed by atoms with Gasteiger partial charge in [-0.15, -0.1) is 0 Å². The number of amides is 1. The second-order valence-electron chi connectivity index (χ2n) is 3.94. The van der Waals surface area contributed by atoms with Gasteiger partial charge in [0.05, 0.1) is 0 Å². The lowest BCUT2D eigenvalue weighted by molar-refractivity contribution is -0.124. The molecular weight excluding hydrogens is 138 g/mol. The molecule has 0 aliphatic rings. The number of hydrogen-bond acceptors (Lipinski definition) is 1. The minimum Gasteiger partial charge on any atom is -0.338 e. The Bertz CT molecular complexity index is 126. The monoisotopic (exact) mass is 157 g/mol. The zero-order valence-electron chi connectivity index (χ0n) is 8.22. The van der Waals surface area contributed by atoms with E-state index in [9.17, 15) is 4.79 Å². The first-order valence-electron chi connectivity index (χ1n) is 4.17. The minimum absolute atomic E-state index is 0.0445. The molecule has 0 fully saturated rings. The van der Waals surface area contributed by atoms with E-state index in [1.807, 2.05) is 25.7 Å². The fourth-order valence-electron chi connectivity index (χ4n) is 1.12. The highest BCUT2D eigenvalue weighted by Crippen LogP contribution is 2.15. The molecule has 1 unspecified atom stereocenters. The van der Waals surface area contributed by atoms with E-state index in [1.165, 1.54) is 0 Å². The summed E-state index contributed by atoms with van der Waals surface area (Å²) < 4.78 is 0. The predicted octanol–water partition coefficient (Wildman–Crippen LogP) is 2.04. The van der Waals surface area contributed by atoms with Crippen molar-refractivity contribution >= 4 is 6.41 Å². The molecule has 0 saturated carbocycles. The summed E-state index contributed by atoms with van der Waals surface area (Å²) in [6.07, 6.45) is 1.95. The van der Waals surface area contributed by atoms with Gasteiger partial charge in [-0.3, -0.25) is 4.79 Å². The average molecular weight is 157 g/mol. The van der Waals surface area contributed by atoms with Crippen LogP contribution < -0.4 is 0 Å². The van der Waals surface area contributed by atoms with Crippen molar-refractivity contribution in [2.24, 2.45) is 0 Å². The van der Waals surface area contributed by atoms with E-state index in [2.05, 4.69) is 13.8 Å². The Labute approximate surface area is 69.6 Å². The van der Waals surface area contributed by atoms with E-state index in [4.69, 9.17) is 0 Å². The van der Waals surface area contributed by atoms with Crippen molar-refractivity contribution in [1.29, 1.82) is 0 Å². The zero-order valence-corrected chi connectivity index (χ0v) is 8.22. The molecule has 2 heteroatoms. The lowest BCUT2D eigenvalue weighted by Gasteiger charge is -2.36. The van der Waals surface area contributed by atoms with Crippen LogP contribution in [0.4, 0.5) is 0 Å². The van der Waals surface area contributed by atoms with Gasteiger partial charge in [0.15, 0.2) is 0 Å². The van der Waals surface area contributed by atoms with Crippen LogP contribution in [-0.2, 0) is 4.79 Å². The van der Waals surface area contributed by atoms with Crippen molar-refractivity contribution < 1.29 is 4.79 Å². The maximum absolute atomic E-state index is 10.7. The summed E-state index contributed by atoms with van der Waals surface area (Å²) in [4.78, 5) is 12.5. The van der Waals surface area contributed by atoms with Crippen molar-refractivity contribution in [3.8, 4) is 0 Å². The fraction of sp³-hybridized carbons (Fsp3) is 0.889. The lowest BCUT2D eigenvalue weighted by atomic mass is 10.0. The van der Waals surface area contributed by atoms with Crippen molar-refractivity contribution in [2.75, 3.05) is 0 Å². The molecule has 0 bridgehead atoms. The highest BCUT2D eigenvalue weighted by atomic mass is 16.1. The quantitative estimate of drug-likeness (QED) is 0.574. The van der Waals surface area contributed by atoms with Crippen LogP contribution in [0.2, 0.25) is 0 Å². The van der Waals surface area contributed by atoms with Crippen LogP contribution in [0.1, 0.15) is 41.0 Å². The van der Waals surface area contributed by atoms with Gasteiger partial charge in [-0.25, -0.2) is 0 Å². The van der Waals surface area contributed by atoms with E-state index in [0.29, 0.717) is 6.04 Å². The van der Waals surface area contributed by atoms with Crippen LogP contribution in [0, 0.1) is 0 Å².